The highest BCUT2D eigenvalue weighted by molar-refractivity contribution is 9.10. The van der Waals surface area contributed by atoms with E-state index in [-0.39, 0.29) is 0 Å². The Balaban J connectivity index is 1.95. The monoisotopic (exact) mass is 326 g/mol. The van der Waals surface area contributed by atoms with Gasteiger partial charge >= 0.3 is 0 Å². The minimum Gasteiger partial charge on any atom is -0.398 e. The Morgan fingerprint density at radius 2 is 2.32 bits per heavy atom. The molecule has 3 nitrogen and oxygen atoms in total. The highest BCUT2D eigenvalue weighted by atomic mass is 79.9. The fourth-order valence-corrected chi connectivity index (χ4v) is 3.05. The van der Waals surface area contributed by atoms with E-state index in [1.807, 2.05) is 12.1 Å². The number of benzene rings is 1. The van der Waals surface area contributed by atoms with Gasteiger partial charge < -0.3 is 10.5 Å². The summed E-state index contributed by atoms with van der Waals surface area (Å²) in [4.78, 5) is 2.44. The zero-order chi connectivity index (χ0) is 13.7. The van der Waals surface area contributed by atoms with Gasteiger partial charge in [0.15, 0.2) is 0 Å². The van der Waals surface area contributed by atoms with Crippen LogP contribution in [0.25, 0.3) is 0 Å². The van der Waals surface area contributed by atoms with Gasteiger partial charge in [-0.15, -0.1) is 0 Å². The summed E-state index contributed by atoms with van der Waals surface area (Å²) in [5, 5.41) is 0. The highest BCUT2D eigenvalue weighted by Gasteiger charge is 2.21. The Kier molecular flexibility index (Phi) is 5.67. The van der Waals surface area contributed by atoms with Crippen LogP contribution >= 0.6 is 15.9 Å². The van der Waals surface area contributed by atoms with Gasteiger partial charge in [-0.25, -0.2) is 0 Å². The normalized spacial score (nSPS) is 20.6. The number of ether oxygens (including phenoxy) is 1. The molecule has 1 aliphatic heterocycles. The molecule has 2 rings (SSSR count). The number of rotatable bonds is 5. The SMILES string of the molecule is CCCOC1CCCN(Cc2c(N)cccc2Br)C1. The molecule has 0 aromatic heterocycles. The van der Waals surface area contributed by atoms with Crippen molar-refractivity contribution in [1.29, 1.82) is 0 Å². The van der Waals surface area contributed by atoms with Crippen molar-refractivity contribution in [2.24, 2.45) is 0 Å². The van der Waals surface area contributed by atoms with E-state index in [1.165, 1.54) is 18.4 Å². The summed E-state index contributed by atoms with van der Waals surface area (Å²) in [6.45, 7) is 6.07. The largest absolute Gasteiger partial charge is 0.398 e. The summed E-state index contributed by atoms with van der Waals surface area (Å²) in [5.74, 6) is 0. The number of nitrogens with two attached hydrogens (primary N) is 1. The van der Waals surface area contributed by atoms with Crippen LogP contribution < -0.4 is 5.73 Å². The molecule has 0 bridgehead atoms. The van der Waals surface area contributed by atoms with Gasteiger partial charge in [-0.1, -0.05) is 28.9 Å². The second kappa shape index (κ2) is 7.27. The number of hydrogen-bond donors (Lipinski definition) is 1. The van der Waals surface area contributed by atoms with Crippen LogP contribution in [0.5, 0.6) is 0 Å². The molecule has 1 fully saturated rings. The lowest BCUT2D eigenvalue weighted by Crippen LogP contribution is -2.39. The predicted molar refractivity (Wildman–Crippen MR) is 83.1 cm³/mol. The summed E-state index contributed by atoms with van der Waals surface area (Å²) in [6.07, 6.45) is 3.87. The van der Waals surface area contributed by atoms with Gasteiger partial charge in [-0.05, 0) is 37.9 Å². The van der Waals surface area contributed by atoms with E-state index in [1.54, 1.807) is 0 Å². The number of halogens is 1. The van der Waals surface area contributed by atoms with Crippen molar-refractivity contribution in [3.8, 4) is 0 Å². The standard InChI is InChI=1S/C15H23BrN2O/c1-2-9-19-12-5-4-8-18(10-12)11-13-14(16)6-3-7-15(13)17/h3,6-7,12H,2,4-5,8-11,17H2,1H3. The molecule has 0 spiro atoms. The predicted octanol–water partition coefficient (Wildman–Crippen LogP) is 3.42. The maximum Gasteiger partial charge on any atom is 0.0702 e. The molecule has 106 valence electrons. The molecular formula is C15H23BrN2O. The van der Waals surface area contributed by atoms with Crippen LogP contribution in [0.3, 0.4) is 0 Å². The number of nitrogens with zero attached hydrogens (tertiary/aromatic N) is 1. The third-order valence-corrected chi connectivity index (χ3v) is 4.30. The molecule has 0 saturated carbocycles. The molecule has 1 aliphatic rings. The lowest BCUT2D eigenvalue weighted by atomic mass is 10.1. The maximum absolute atomic E-state index is 6.07. The second-order valence-electron chi connectivity index (χ2n) is 5.18. The molecule has 0 amide bonds. The van der Waals surface area contributed by atoms with Crippen LogP contribution in [0, 0.1) is 0 Å². The van der Waals surface area contributed by atoms with Crippen molar-refractivity contribution in [3.63, 3.8) is 0 Å². The van der Waals surface area contributed by atoms with E-state index < -0.39 is 0 Å². The molecule has 1 saturated heterocycles. The van der Waals surface area contributed by atoms with E-state index in [9.17, 15) is 0 Å². The van der Waals surface area contributed by atoms with E-state index in [0.29, 0.717) is 6.10 Å². The molecular weight excluding hydrogens is 304 g/mol. The Morgan fingerprint density at radius 3 is 3.05 bits per heavy atom. The minimum atomic E-state index is 0.386. The van der Waals surface area contributed by atoms with Gasteiger partial charge in [-0.2, -0.15) is 0 Å². The second-order valence-corrected chi connectivity index (χ2v) is 6.03. The van der Waals surface area contributed by atoms with Crippen molar-refractivity contribution in [1.82, 2.24) is 4.90 Å². The topological polar surface area (TPSA) is 38.5 Å². The lowest BCUT2D eigenvalue weighted by molar-refractivity contribution is -0.00222. The Labute approximate surface area is 124 Å². The van der Waals surface area contributed by atoms with Crippen molar-refractivity contribution in [3.05, 3.63) is 28.2 Å². The number of likely N-dealkylation sites (tertiary alicyclic amines) is 1. The fourth-order valence-electron chi connectivity index (χ4n) is 2.54. The lowest BCUT2D eigenvalue weighted by Gasteiger charge is -2.33. The molecule has 0 radical (unpaired) electrons. The zero-order valence-corrected chi connectivity index (χ0v) is 13.2. The average Bonchev–Trinajstić information content (AvgIpc) is 2.41. The van der Waals surface area contributed by atoms with Crippen molar-refractivity contribution < 1.29 is 4.74 Å². The summed E-state index contributed by atoms with van der Waals surface area (Å²) in [5.41, 5.74) is 8.13. The summed E-state index contributed by atoms with van der Waals surface area (Å²) in [7, 11) is 0. The first-order chi connectivity index (χ1) is 9.20. The molecule has 1 atom stereocenters. The third-order valence-electron chi connectivity index (χ3n) is 3.56. The van der Waals surface area contributed by atoms with E-state index >= 15 is 0 Å². The van der Waals surface area contributed by atoms with Crippen molar-refractivity contribution in [2.75, 3.05) is 25.4 Å². The van der Waals surface area contributed by atoms with Crippen LogP contribution in [0.1, 0.15) is 31.7 Å². The smallest absolute Gasteiger partial charge is 0.0702 e. The van der Waals surface area contributed by atoms with Gasteiger partial charge in [0.2, 0.25) is 0 Å². The first-order valence-electron chi connectivity index (χ1n) is 7.07. The molecule has 1 heterocycles. The summed E-state index contributed by atoms with van der Waals surface area (Å²) < 4.78 is 6.98. The molecule has 4 heteroatoms. The number of anilines is 1. The molecule has 0 aliphatic carbocycles. The Bertz CT molecular complexity index is 391. The zero-order valence-electron chi connectivity index (χ0n) is 11.6. The summed E-state index contributed by atoms with van der Waals surface area (Å²) >= 11 is 3.59. The molecule has 1 aromatic rings. The van der Waals surface area contributed by atoms with Crippen molar-refractivity contribution >= 4 is 21.6 Å². The third kappa shape index (κ3) is 4.20. The summed E-state index contributed by atoms with van der Waals surface area (Å²) in [6, 6.07) is 6.00. The first kappa shape index (κ1) is 14.8. The molecule has 1 unspecified atom stereocenters. The van der Waals surface area contributed by atoms with E-state index in [4.69, 9.17) is 10.5 Å². The molecule has 1 aromatic carbocycles. The van der Waals surface area contributed by atoms with Crippen LogP contribution in [0.2, 0.25) is 0 Å². The molecule has 2 N–H and O–H groups in total. The van der Waals surface area contributed by atoms with Gasteiger partial charge in [0.05, 0.1) is 6.10 Å². The number of nitrogen functional groups attached to an aromatic ring is 1. The van der Waals surface area contributed by atoms with Gasteiger partial charge in [-0.3, -0.25) is 4.90 Å². The van der Waals surface area contributed by atoms with Gasteiger partial charge in [0, 0.05) is 35.4 Å². The quantitative estimate of drug-likeness (QED) is 0.842. The Hall–Kier alpha value is -0.580. The molecule has 19 heavy (non-hydrogen) atoms. The number of piperidine rings is 1. The van der Waals surface area contributed by atoms with Crippen molar-refractivity contribution in [2.45, 2.75) is 38.8 Å². The van der Waals surface area contributed by atoms with Crippen LogP contribution in [-0.4, -0.2) is 30.7 Å². The van der Waals surface area contributed by atoms with Crippen LogP contribution in [-0.2, 0) is 11.3 Å². The van der Waals surface area contributed by atoms with E-state index in [2.05, 4.69) is 33.8 Å². The van der Waals surface area contributed by atoms with Gasteiger partial charge in [0.1, 0.15) is 0 Å². The number of hydrogen-bond acceptors (Lipinski definition) is 3. The van der Waals surface area contributed by atoms with Crippen LogP contribution in [0.4, 0.5) is 5.69 Å². The van der Waals surface area contributed by atoms with Crippen LogP contribution in [0.15, 0.2) is 22.7 Å². The van der Waals surface area contributed by atoms with E-state index in [0.717, 1.165) is 42.8 Å². The average molecular weight is 327 g/mol. The Morgan fingerprint density at radius 1 is 1.47 bits per heavy atom. The first-order valence-corrected chi connectivity index (χ1v) is 7.86. The highest BCUT2D eigenvalue weighted by Crippen LogP contribution is 2.25. The van der Waals surface area contributed by atoms with Gasteiger partial charge in [0.25, 0.3) is 0 Å². The fraction of sp³-hybridized carbons (Fsp3) is 0.600. The maximum atomic E-state index is 6.07. The minimum absolute atomic E-state index is 0.386.